The largest absolute Gasteiger partial charge is 0.483 e. The maximum Gasteiger partial charge on any atom is 0.222 e. The van der Waals surface area contributed by atoms with Crippen molar-refractivity contribution in [2.24, 2.45) is 5.73 Å². The maximum atomic E-state index is 15.2. The van der Waals surface area contributed by atoms with Gasteiger partial charge < -0.3 is 10.5 Å². The lowest BCUT2D eigenvalue weighted by Gasteiger charge is -2.31. The Morgan fingerprint density at radius 2 is 2.30 bits per heavy atom. The molecule has 0 saturated heterocycles. The number of aromatic nitrogens is 2. The molecule has 1 aliphatic rings. The normalized spacial score (nSPS) is 24.9. The van der Waals surface area contributed by atoms with E-state index < -0.39 is 11.7 Å². The first-order valence-electron chi connectivity index (χ1n) is 5.57. The van der Waals surface area contributed by atoms with Gasteiger partial charge in [0.25, 0.3) is 0 Å². The van der Waals surface area contributed by atoms with Gasteiger partial charge in [-0.15, -0.1) is 6.42 Å². The third-order valence-corrected chi connectivity index (χ3v) is 3.22. The third kappa shape index (κ3) is 2.63. The Bertz CT molecular complexity index is 627. The Balaban J connectivity index is 2.41. The van der Waals surface area contributed by atoms with Crippen LogP contribution in [0.25, 0.3) is 0 Å². The van der Waals surface area contributed by atoms with Gasteiger partial charge in [0.15, 0.2) is 5.67 Å². The third-order valence-electron chi connectivity index (χ3n) is 2.76. The maximum absolute atomic E-state index is 15.2. The minimum absolute atomic E-state index is 0.0122. The summed E-state index contributed by atoms with van der Waals surface area (Å²) in [5.41, 5.74) is 3.64. The standard InChI is InChI=1S/C13H10Cl2FN3O/c1-2-6-20-9-4-3-5-13(16,10(9)17)11-8(14)7-18-12(15)19-11/h1,3-5,7,10H,6,17H2. The fourth-order valence-corrected chi connectivity index (χ4v) is 2.17. The molecular weight excluding hydrogens is 304 g/mol. The molecular formula is C13H10Cl2FN3O. The van der Waals surface area contributed by atoms with E-state index >= 15 is 4.39 Å². The summed E-state index contributed by atoms with van der Waals surface area (Å²) in [5, 5.41) is -0.0992. The van der Waals surface area contributed by atoms with E-state index in [-0.39, 0.29) is 28.4 Å². The highest BCUT2D eigenvalue weighted by molar-refractivity contribution is 6.32. The summed E-state index contributed by atoms with van der Waals surface area (Å²) in [6.45, 7) is -0.0122. The first-order valence-corrected chi connectivity index (χ1v) is 6.33. The molecule has 2 unspecified atom stereocenters. The Morgan fingerprint density at radius 3 is 3.00 bits per heavy atom. The van der Waals surface area contributed by atoms with E-state index in [1.54, 1.807) is 0 Å². The fourth-order valence-electron chi connectivity index (χ4n) is 1.80. The first-order chi connectivity index (χ1) is 9.49. The second-order valence-corrected chi connectivity index (χ2v) is 4.75. The first kappa shape index (κ1) is 14.8. The molecule has 0 aliphatic heterocycles. The molecule has 7 heteroatoms. The van der Waals surface area contributed by atoms with Gasteiger partial charge in [-0.25, -0.2) is 14.4 Å². The van der Waals surface area contributed by atoms with E-state index in [0.717, 1.165) is 0 Å². The van der Waals surface area contributed by atoms with Gasteiger partial charge in [-0.3, -0.25) is 0 Å². The van der Waals surface area contributed by atoms with Gasteiger partial charge in [0.2, 0.25) is 5.28 Å². The Morgan fingerprint density at radius 1 is 1.55 bits per heavy atom. The lowest BCUT2D eigenvalue weighted by Crippen LogP contribution is -2.45. The van der Waals surface area contributed by atoms with E-state index in [4.69, 9.17) is 40.1 Å². The molecule has 1 aromatic heterocycles. The van der Waals surface area contributed by atoms with Gasteiger partial charge in [-0.05, 0) is 23.8 Å². The van der Waals surface area contributed by atoms with Gasteiger partial charge in [0, 0.05) is 0 Å². The summed E-state index contributed by atoms with van der Waals surface area (Å²) in [5.74, 6) is 2.49. The van der Waals surface area contributed by atoms with Crippen molar-refractivity contribution in [1.29, 1.82) is 0 Å². The van der Waals surface area contributed by atoms with Crippen LogP contribution < -0.4 is 5.73 Å². The van der Waals surface area contributed by atoms with Crippen LogP contribution in [-0.4, -0.2) is 22.6 Å². The quantitative estimate of drug-likeness (QED) is 0.687. The van der Waals surface area contributed by atoms with Gasteiger partial charge in [-0.2, -0.15) is 0 Å². The number of allylic oxidation sites excluding steroid dienone is 2. The summed E-state index contributed by atoms with van der Waals surface area (Å²) in [6, 6.07) is -1.13. The Labute approximate surface area is 125 Å². The minimum Gasteiger partial charge on any atom is -0.483 e. The van der Waals surface area contributed by atoms with Crippen molar-refractivity contribution in [1.82, 2.24) is 9.97 Å². The molecule has 0 fully saturated rings. The average molecular weight is 314 g/mol. The Hall–Kier alpha value is -1.61. The summed E-state index contributed by atoms with van der Waals surface area (Å²) in [7, 11) is 0. The van der Waals surface area contributed by atoms with Gasteiger partial charge >= 0.3 is 0 Å². The zero-order valence-electron chi connectivity index (χ0n) is 10.2. The van der Waals surface area contributed by atoms with Gasteiger partial charge in [0.05, 0.1) is 11.2 Å². The molecule has 104 valence electrons. The van der Waals surface area contributed by atoms with Crippen molar-refractivity contribution in [3.05, 3.63) is 46.2 Å². The predicted octanol–water partition coefficient (Wildman–Crippen LogP) is 2.38. The topological polar surface area (TPSA) is 61.0 Å². The second-order valence-electron chi connectivity index (χ2n) is 4.00. The van der Waals surface area contributed by atoms with Gasteiger partial charge in [0.1, 0.15) is 24.1 Å². The molecule has 0 bridgehead atoms. The zero-order chi connectivity index (χ0) is 14.8. The van der Waals surface area contributed by atoms with Crippen LogP contribution in [-0.2, 0) is 10.4 Å². The number of ether oxygens (including phenoxy) is 1. The number of hydrogen-bond donors (Lipinski definition) is 1. The molecule has 20 heavy (non-hydrogen) atoms. The Kier molecular flexibility index (Phi) is 4.29. The molecule has 2 atom stereocenters. The van der Waals surface area contributed by atoms with Crippen LogP contribution >= 0.6 is 23.2 Å². The molecule has 0 radical (unpaired) electrons. The van der Waals surface area contributed by atoms with Crippen LogP contribution in [0.1, 0.15) is 5.69 Å². The minimum atomic E-state index is -2.15. The summed E-state index contributed by atoms with van der Waals surface area (Å²) in [4.78, 5) is 7.50. The molecule has 0 spiro atoms. The smallest absolute Gasteiger partial charge is 0.222 e. The van der Waals surface area contributed by atoms with Crippen LogP contribution in [0.2, 0.25) is 10.3 Å². The summed E-state index contributed by atoms with van der Waals surface area (Å²) in [6.07, 6.45) is 10.6. The number of hydrogen-bond acceptors (Lipinski definition) is 4. The lowest BCUT2D eigenvalue weighted by atomic mass is 9.87. The lowest BCUT2D eigenvalue weighted by molar-refractivity contribution is 0.134. The van der Waals surface area contributed by atoms with Crippen molar-refractivity contribution in [3.63, 3.8) is 0 Å². The van der Waals surface area contributed by atoms with Crippen molar-refractivity contribution >= 4 is 23.2 Å². The van der Waals surface area contributed by atoms with E-state index in [1.165, 1.54) is 24.4 Å². The highest BCUT2D eigenvalue weighted by Gasteiger charge is 2.44. The molecule has 1 aliphatic carbocycles. The average Bonchev–Trinajstić information content (AvgIpc) is 2.43. The van der Waals surface area contributed by atoms with E-state index in [2.05, 4.69) is 15.9 Å². The highest BCUT2D eigenvalue weighted by Crippen LogP contribution is 2.39. The second kappa shape index (κ2) is 5.80. The molecule has 0 saturated carbocycles. The van der Waals surface area contributed by atoms with Crippen molar-refractivity contribution < 1.29 is 9.13 Å². The van der Waals surface area contributed by atoms with Crippen LogP contribution in [0.5, 0.6) is 0 Å². The fraction of sp³-hybridized carbons (Fsp3) is 0.231. The predicted molar refractivity (Wildman–Crippen MR) is 74.8 cm³/mol. The number of terminal acetylenes is 1. The molecule has 2 N–H and O–H groups in total. The number of nitrogens with two attached hydrogens (primary N) is 1. The van der Waals surface area contributed by atoms with Crippen LogP contribution in [0.3, 0.4) is 0 Å². The van der Waals surface area contributed by atoms with Crippen LogP contribution in [0, 0.1) is 12.3 Å². The van der Waals surface area contributed by atoms with E-state index in [9.17, 15) is 0 Å². The van der Waals surface area contributed by atoms with Crippen LogP contribution in [0.4, 0.5) is 4.39 Å². The van der Waals surface area contributed by atoms with Crippen molar-refractivity contribution in [2.45, 2.75) is 11.7 Å². The summed E-state index contributed by atoms with van der Waals surface area (Å²) >= 11 is 11.6. The van der Waals surface area contributed by atoms with E-state index in [1.807, 2.05) is 0 Å². The van der Waals surface area contributed by atoms with Crippen molar-refractivity contribution in [3.8, 4) is 12.3 Å². The van der Waals surface area contributed by atoms with Crippen LogP contribution in [0.15, 0.2) is 30.2 Å². The molecule has 4 nitrogen and oxygen atoms in total. The van der Waals surface area contributed by atoms with Crippen molar-refractivity contribution in [2.75, 3.05) is 6.61 Å². The monoisotopic (exact) mass is 313 g/mol. The molecule has 1 aromatic rings. The highest BCUT2D eigenvalue weighted by atomic mass is 35.5. The SMILES string of the molecule is C#CCOC1=CC=CC(F)(c2nc(Cl)ncc2Cl)C1N. The van der Waals surface area contributed by atoms with E-state index in [0.29, 0.717) is 0 Å². The molecule has 1 heterocycles. The molecule has 0 aromatic carbocycles. The number of halogens is 3. The zero-order valence-corrected chi connectivity index (χ0v) is 11.7. The number of alkyl halides is 1. The molecule has 0 amide bonds. The number of rotatable bonds is 3. The molecule has 2 rings (SSSR count). The number of nitrogens with zero attached hydrogens (tertiary/aromatic N) is 2. The summed E-state index contributed by atoms with van der Waals surface area (Å²) < 4.78 is 20.4. The van der Waals surface area contributed by atoms with Gasteiger partial charge in [-0.1, -0.05) is 23.6 Å².